The highest BCUT2D eigenvalue weighted by molar-refractivity contribution is 6.37. The summed E-state index contributed by atoms with van der Waals surface area (Å²) in [5.41, 5.74) is 0. The van der Waals surface area contributed by atoms with E-state index in [1.165, 1.54) is 0 Å². The molecule has 0 rings (SSSR count). The van der Waals surface area contributed by atoms with E-state index in [2.05, 4.69) is 20.8 Å². The third kappa shape index (κ3) is 7.02. The van der Waals surface area contributed by atoms with Crippen LogP contribution in [0.5, 0.6) is 0 Å². The highest BCUT2D eigenvalue weighted by Gasteiger charge is 2.12. The van der Waals surface area contributed by atoms with Gasteiger partial charge in [-0.3, -0.25) is 0 Å². The highest BCUT2D eigenvalue weighted by Crippen LogP contribution is 2.18. The third-order valence-corrected chi connectivity index (χ3v) is 2.60. The fourth-order valence-electron chi connectivity index (χ4n) is 0.433. The molecular weight excluding hydrogens is 118 g/mol. The van der Waals surface area contributed by atoms with Gasteiger partial charge in [0.15, 0.2) is 0 Å². The van der Waals surface area contributed by atoms with Gasteiger partial charge < -0.3 is 2.84 Å². The molecule has 7 heavy (non-hydrogen) atoms. The molecular formula is C4H12Al2O. The van der Waals surface area contributed by atoms with Crippen LogP contribution in [-0.2, 0) is 2.84 Å². The predicted molar refractivity (Wildman–Crippen MR) is 36.5 cm³/mol. The number of hydrogen-bond donors (Lipinski definition) is 0. The van der Waals surface area contributed by atoms with Gasteiger partial charge in [-0.15, -0.1) is 0 Å². The second kappa shape index (κ2) is 3.13. The van der Waals surface area contributed by atoms with E-state index in [0.717, 1.165) is 16.6 Å². The van der Waals surface area contributed by atoms with Crippen LogP contribution in [0.3, 0.4) is 0 Å². The Bertz CT molecular complexity index is 48.1. The normalized spacial score (nSPS) is 11.3. The summed E-state index contributed by atoms with van der Waals surface area (Å²) in [6.45, 7) is 6.70. The first-order valence-corrected chi connectivity index (χ1v) is 4.65. The summed E-state index contributed by atoms with van der Waals surface area (Å²) >= 11 is 0.753. The zero-order chi connectivity index (χ0) is 5.91. The monoisotopic (exact) mass is 130 g/mol. The van der Waals surface area contributed by atoms with Gasteiger partial charge >= 0.3 is 32.2 Å². The van der Waals surface area contributed by atoms with Crippen LogP contribution in [0.25, 0.3) is 0 Å². The fraction of sp³-hybridized carbons (Fsp3) is 1.00. The first-order valence-electron chi connectivity index (χ1n) is 2.55. The second-order valence-corrected chi connectivity index (χ2v) is 7.71. The van der Waals surface area contributed by atoms with Crippen molar-refractivity contribution in [2.75, 3.05) is 0 Å². The van der Waals surface area contributed by atoms with E-state index in [9.17, 15) is 0 Å². The summed E-state index contributed by atoms with van der Waals surface area (Å²) < 4.78 is 5.69. The van der Waals surface area contributed by atoms with Crippen LogP contribution in [0, 0.1) is 0 Å². The minimum atomic E-state index is -0.178. The molecule has 0 aromatic rings. The number of hydrogen-bond acceptors (Lipinski definition) is 1. The van der Waals surface area contributed by atoms with Crippen molar-refractivity contribution in [2.24, 2.45) is 0 Å². The van der Waals surface area contributed by atoms with E-state index >= 15 is 0 Å². The van der Waals surface area contributed by atoms with Crippen molar-refractivity contribution in [3.8, 4) is 0 Å². The van der Waals surface area contributed by atoms with Crippen LogP contribution in [0.15, 0.2) is 0 Å². The van der Waals surface area contributed by atoms with E-state index < -0.39 is 0 Å². The van der Waals surface area contributed by atoms with Gasteiger partial charge in [0.25, 0.3) is 0 Å². The summed E-state index contributed by atoms with van der Waals surface area (Å²) in [5.74, 6) is 0. The SMILES string of the molecule is C[C](C)(C)[AlH][O][AlH2]. The molecule has 0 atom stereocenters. The highest BCUT2D eigenvalue weighted by atomic mass is 27.2. The maximum absolute atomic E-state index is 5.18. The second-order valence-electron chi connectivity index (χ2n) is 2.99. The van der Waals surface area contributed by atoms with Crippen LogP contribution in [0.1, 0.15) is 20.8 Å². The molecule has 40 valence electrons. The largest absolute Gasteiger partial charge is 0.644 e. The van der Waals surface area contributed by atoms with Crippen molar-refractivity contribution in [1.29, 1.82) is 0 Å². The molecule has 0 N–H and O–H groups in total. The topological polar surface area (TPSA) is 9.23 Å². The Morgan fingerprint density at radius 2 is 1.86 bits per heavy atom. The molecule has 0 saturated heterocycles. The minimum Gasteiger partial charge on any atom is -0.644 e. The molecule has 0 saturated carbocycles. The lowest BCUT2D eigenvalue weighted by molar-refractivity contribution is 0.589. The van der Waals surface area contributed by atoms with Gasteiger partial charge in [0, 0.05) is 0 Å². The molecule has 0 aromatic heterocycles. The van der Waals surface area contributed by atoms with Crippen LogP contribution in [0.2, 0.25) is 4.28 Å². The van der Waals surface area contributed by atoms with Gasteiger partial charge in [-0.25, -0.2) is 0 Å². The van der Waals surface area contributed by atoms with Crippen LogP contribution in [0.4, 0.5) is 0 Å². The van der Waals surface area contributed by atoms with E-state index in [0.29, 0.717) is 4.28 Å². The van der Waals surface area contributed by atoms with E-state index in [-0.39, 0.29) is 15.6 Å². The average Bonchev–Trinajstić information content (AvgIpc) is 1.30. The molecule has 0 spiro atoms. The average molecular weight is 130 g/mol. The Balaban J connectivity index is 3.15. The molecule has 0 aliphatic heterocycles. The van der Waals surface area contributed by atoms with E-state index in [1.807, 2.05) is 0 Å². The molecule has 0 aliphatic carbocycles. The summed E-state index contributed by atoms with van der Waals surface area (Å²) in [5, 5.41) is 0. The Hall–Kier alpha value is 1.02. The van der Waals surface area contributed by atoms with E-state index in [1.54, 1.807) is 0 Å². The Morgan fingerprint density at radius 3 is 1.86 bits per heavy atom. The van der Waals surface area contributed by atoms with Crippen molar-refractivity contribution < 1.29 is 2.84 Å². The molecule has 3 heteroatoms. The molecule has 0 heterocycles. The molecule has 0 bridgehead atoms. The summed E-state index contributed by atoms with van der Waals surface area (Å²) in [4.78, 5) is 0. The zero-order valence-corrected chi connectivity index (χ0v) is 9.03. The molecule has 0 unspecified atom stereocenters. The van der Waals surface area contributed by atoms with Crippen LogP contribution in [-0.4, -0.2) is 32.2 Å². The first kappa shape index (κ1) is 8.02. The van der Waals surface area contributed by atoms with Crippen molar-refractivity contribution in [3.63, 3.8) is 0 Å². The van der Waals surface area contributed by atoms with Gasteiger partial charge in [-0.1, -0.05) is 25.0 Å². The Morgan fingerprint density at radius 1 is 1.43 bits per heavy atom. The molecule has 0 radical (unpaired) electrons. The van der Waals surface area contributed by atoms with E-state index in [4.69, 9.17) is 2.84 Å². The van der Waals surface area contributed by atoms with Gasteiger partial charge in [-0.2, -0.15) is 0 Å². The Labute approximate surface area is 60.2 Å². The summed E-state index contributed by atoms with van der Waals surface area (Å²) in [6, 6.07) is 0. The maximum atomic E-state index is 5.18. The molecule has 0 amide bonds. The van der Waals surface area contributed by atoms with Gasteiger partial charge in [0.05, 0.1) is 0 Å². The van der Waals surface area contributed by atoms with Crippen molar-refractivity contribution in [3.05, 3.63) is 0 Å². The van der Waals surface area contributed by atoms with Gasteiger partial charge in [-0.05, 0) is 0 Å². The van der Waals surface area contributed by atoms with Crippen molar-refractivity contribution in [1.82, 2.24) is 0 Å². The first-order chi connectivity index (χ1) is 3.06. The third-order valence-electron chi connectivity index (χ3n) is 0.577. The number of rotatable bonds is 1. The molecule has 0 fully saturated rings. The van der Waals surface area contributed by atoms with Gasteiger partial charge in [0.2, 0.25) is 0 Å². The lowest BCUT2D eigenvalue weighted by Crippen LogP contribution is -2.10. The molecule has 1 nitrogen and oxygen atoms in total. The van der Waals surface area contributed by atoms with Crippen molar-refractivity contribution >= 4 is 32.2 Å². The zero-order valence-electron chi connectivity index (χ0n) is 5.62. The quantitative estimate of drug-likeness (QED) is 0.458. The molecule has 0 aliphatic rings. The van der Waals surface area contributed by atoms with Crippen LogP contribution >= 0.6 is 0 Å². The van der Waals surface area contributed by atoms with Crippen molar-refractivity contribution in [2.45, 2.75) is 25.0 Å². The fourth-order valence-corrected chi connectivity index (χ4v) is 3.90. The van der Waals surface area contributed by atoms with Gasteiger partial charge in [0.1, 0.15) is 0 Å². The lowest BCUT2D eigenvalue weighted by atomic mass is 10.2. The molecule has 0 aromatic carbocycles. The standard InChI is InChI=1S/C4H9.2Al.O.3H/c1-4(2)3;;;;;;/h1-3H3;;;;;;. The summed E-state index contributed by atoms with van der Waals surface area (Å²) in [7, 11) is 0. The minimum absolute atomic E-state index is 0.178. The lowest BCUT2D eigenvalue weighted by Gasteiger charge is -2.13. The smallest absolute Gasteiger partial charge is 0.410 e. The van der Waals surface area contributed by atoms with Crippen LogP contribution < -0.4 is 0 Å². The Kier molecular flexibility index (Phi) is 3.59. The predicted octanol–water partition coefficient (Wildman–Crippen LogP) is 0.121. The maximum Gasteiger partial charge on any atom is 0.410 e. The summed E-state index contributed by atoms with van der Waals surface area (Å²) in [6.07, 6.45) is 0.